The number of nitrogens with zero attached hydrogens (tertiary/aromatic N) is 2. The van der Waals surface area contributed by atoms with E-state index in [1.807, 2.05) is 0 Å². The largest absolute Gasteiger partial charge is 0.353 e. The van der Waals surface area contributed by atoms with Gasteiger partial charge in [0.05, 0.1) is 0 Å². The molecule has 2 unspecified atom stereocenters. The Kier molecular flexibility index (Phi) is 4.79. The molecule has 1 aromatic rings. The summed E-state index contributed by atoms with van der Waals surface area (Å²) in [7, 11) is 0. The summed E-state index contributed by atoms with van der Waals surface area (Å²) in [5.74, 6) is 2.10. The normalized spacial score (nSPS) is 24.7. The Hall–Kier alpha value is -1.09. The van der Waals surface area contributed by atoms with Crippen molar-refractivity contribution in [2.24, 2.45) is 5.92 Å². The van der Waals surface area contributed by atoms with Gasteiger partial charge in [-0.25, -0.2) is 4.98 Å². The molecule has 0 bridgehead atoms. The van der Waals surface area contributed by atoms with Gasteiger partial charge in [0.15, 0.2) is 0 Å². The molecule has 1 aliphatic heterocycles. The van der Waals surface area contributed by atoms with Crippen LogP contribution >= 0.6 is 0 Å². The predicted molar refractivity (Wildman–Crippen MR) is 88.7 cm³/mol. The third-order valence-electron chi connectivity index (χ3n) is 5.32. The highest BCUT2D eigenvalue weighted by Gasteiger charge is 2.33. The topological polar surface area (TPSA) is 28.2 Å². The molecule has 116 valence electrons. The predicted octanol–water partition coefficient (Wildman–Crippen LogP) is 3.91. The number of anilines is 1. The van der Waals surface area contributed by atoms with Crippen molar-refractivity contribution in [1.82, 2.24) is 10.3 Å². The summed E-state index contributed by atoms with van der Waals surface area (Å²) in [5.41, 5.74) is 1.29. The van der Waals surface area contributed by atoms with Gasteiger partial charge in [0.25, 0.3) is 0 Å². The second kappa shape index (κ2) is 6.78. The van der Waals surface area contributed by atoms with Crippen molar-refractivity contribution < 1.29 is 0 Å². The minimum Gasteiger partial charge on any atom is -0.353 e. The average Bonchev–Trinajstić information content (AvgIpc) is 3.18. The Balaban J connectivity index is 1.70. The van der Waals surface area contributed by atoms with E-state index >= 15 is 0 Å². The fourth-order valence-corrected chi connectivity index (χ4v) is 4.16. The second-order valence-electron chi connectivity index (χ2n) is 6.68. The molecule has 1 aromatic heterocycles. The monoisotopic (exact) mass is 287 g/mol. The Morgan fingerprint density at radius 3 is 2.71 bits per heavy atom. The van der Waals surface area contributed by atoms with Crippen LogP contribution in [0.5, 0.6) is 0 Å². The quantitative estimate of drug-likeness (QED) is 0.890. The summed E-state index contributed by atoms with van der Waals surface area (Å²) in [6, 6.07) is 5.62. The van der Waals surface area contributed by atoms with Crippen LogP contribution in [-0.4, -0.2) is 24.1 Å². The van der Waals surface area contributed by atoms with Gasteiger partial charge in [-0.1, -0.05) is 25.8 Å². The van der Waals surface area contributed by atoms with E-state index in [0.717, 1.165) is 18.5 Å². The molecule has 3 rings (SSSR count). The fourth-order valence-electron chi connectivity index (χ4n) is 4.16. The molecule has 1 saturated carbocycles. The Morgan fingerprint density at radius 1 is 1.24 bits per heavy atom. The highest BCUT2D eigenvalue weighted by Crippen LogP contribution is 2.37. The fraction of sp³-hybridized carbons (Fsp3) is 0.722. The summed E-state index contributed by atoms with van der Waals surface area (Å²) >= 11 is 0. The van der Waals surface area contributed by atoms with Gasteiger partial charge in [0, 0.05) is 24.8 Å². The van der Waals surface area contributed by atoms with Gasteiger partial charge in [-0.3, -0.25) is 0 Å². The van der Waals surface area contributed by atoms with E-state index in [2.05, 4.69) is 42.4 Å². The molecule has 1 aliphatic carbocycles. The molecule has 1 N–H and O–H groups in total. The summed E-state index contributed by atoms with van der Waals surface area (Å²) in [5, 5.41) is 3.45. The molecule has 0 aromatic carbocycles. The summed E-state index contributed by atoms with van der Waals surface area (Å²) < 4.78 is 0. The number of rotatable bonds is 5. The Labute approximate surface area is 129 Å². The molecule has 2 heterocycles. The lowest BCUT2D eigenvalue weighted by Gasteiger charge is -2.30. The second-order valence-corrected chi connectivity index (χ2v) is 6.68. The molecule has 0 amide bonds. The molecule has 2 atom stereocenters. The Bertz CT molecular complexity index is 436. The third kappa shape index (κ3) is 3.23. The number of aromatic nitrogens is 1. The summed E-state index contributed by atoms with van der Waals surface area (Å²) in [6.45, 7) is 6.54. The van der Waals surface area contributed by atoms with Crippen molar-refractivity contribution in [2.45, 2.75) is 64.5 Å². The number of pyridine rings is 1. The van der Waals surface area contributed by atoms with Crippen molar-refractivity contribution in [3.8, 4) is 0 Å². The van der Waals surface area contributed by atoms with Crippen LogP contribution in [0.1, 0.15) is 64.0 Å². The average molecular weight is 287 g/mol. The minimum absolute atomic E-state index is 0.390. The first-order valence-corrected chi connectivity index (χ1v) is 8.75. The van der Waals surface area contributed by atoms with Crippen LogP contribution in [0.25, 0.3) is 0 Å². The number of hydrogen-bond donors (Lipinski definition) is 1. The van der Waals surface area contributed by atoms with Gasteiger partial charge in [0.2, 0.25) is 0 Å². The molecule has 2 aliphatic rings. The van der Waals surface area contributed by atoms with Crippen molar-refractivity contribution in [3.63, 3.8) is 0 Å². The SMILES string of the molecule is CCNC(C)c1ccc(N2CCCC2C2CCCC2)nc1. The third-order valence-corrected chi connectivity index (χ3v) is 5.32. The van der Waals surface area contributed by atoms with Crippen LogP contribution in [-0.2, 0) is 0 Å². The molecule has 21 heavy (non-hydrogen) atoms. The zero-order valence-electron chi connectivity index (χ0n) is 13.5. The van der Waals surface area contributed by atoms with Crippen molar-refractivity contribution in [3.05, 3.63) is 23.9 Å². The van der Waals surface area contributed by atoms with Gasteiger partial charge in [-0.2, -0.15) is 0 Å². The molecule has 3 heteroatoms. The zero-order chi connectivity index (χ0) is 14.7. The van der Waals surface area contributed by atoms with E-state index < -0.39 is 0 Å². The Morgan fingerprint density at radius 2 is 2.05 bits per heavy atom. The number of nitrogens with one attached hydrogen (secondary N) is 1. The maximum atomic E-state index is 4.77. The molecular weight excluding hydrogens is 258 g/mol. The standard InChI is InChI=1S/C18H29N3/c1-3-19-14(2)16-10-11-18(20-13-16)21-12-6-9-17(21)15-7-4-5-8-15/h10-11,13-15,17,19H,3-9,12H2,1-2H3. The first-order chi connectivity index (χ1) is 10.3. The minimum atomic E-state index is 0.390. The molecule has 2 fully saturated rings. The first-order valence-electron chi connectivity index (χ1n) is 8.75. The molecule has 1 saturated heterocycles. The van der Waals surface area contributed by atoms with E-state index in [0.29, 0.717) is 6.04 Å². The zero-order valence-corrected chi connectivity index (χ0v) is 13.5. The van der Waals surface area contributed by atoms with E-state index in [-0.39, 0.29) is 0 Å². The highest BCUT2D eigenvalue weighted by atomic mass is 15.2. The van der Waals surface area contributed by atoms with Crippen molar-refractivity contribution in [2.75, 3.05) is 18.0 Å². The molecule has 3 nitrogen and oxygen atoms in total. The lowest BCUT2D eigenvalue weighted by Crippen LogP contribution is -2.35. The highest BCUT2D eigenvalue weighted by molar-refractivity contribution is 5.42. The van der Waals surface area contributed by atoms with Crippen LogP contribution < -0.4 is 10.2 Å². The summed E-state index contributed by atoms with van der Waals surface area (Å²) in [4.78, 5) is 7.35. The van der Waals surface area contributed by atoms with Crippen LogP contribution in [0.15, 0.2) is 18.3 Å². The lowest BCUT2D eigenvalue weighted by molar-refractivity contribution is 0.429. The van der Waals surface area contributed by atoms with Crippen LogP contribution in [0.2, 0.25) is 0 Å². The summed E-state index contributed by atoms with van der Waals surface area (Å²) in [6.07, 6.45) is 10.5. The van der Waals surface area contributed by atoms with Gasteiger partial charge in [-0.15, -0.1) is 0 Å². The molecule has 0 radical (unpaired) electrons. The van der Waals surface area contributed by atoms with E-state index in [9.17, 15) is 0 Å². The van der Waals surface area contributed by atoms with Crippen LogP contribution in [0.4, 0.5) is 5.82 Å². The maximum absolute atomic E-state index is 4.77. The lowest BCUT2D eigenvalue weighted by atomic mass is 9.96. The van der Waals surface area contributed by atoms with Crippen molar-refractivity contribution >= 4 is 5.82 Å². The molecular formula is C18H29N3. The molecule has 0 spiro atoms. The van der Waals surface area contributed by atoms with E-state index in [1.54, 1.807) is 0 Å². The smallest absolute Gasteiger partial charge is 0.128 e. The van der Waals surface area contributed by atoms with Gasteiger partial charge in [-0.05, 0) is 56.7 Å². The van der Waals surface area contributed by atoms with Gasteiger partial charge in [0.1, 0.15) is 5.82 Å². The number of hydrogen-bond acceptors (Lipinski definition) is 3. The first kappa shape index (κ1) is 14.8. The van der Waals surface area contributed by atoms with E-state index in [1.165, 1.54) is 56.5 Å². The van der Waals surface area contributed by atoms with Gasteiger partial charge < -0.3 is 10.2 Å². The van der Waals surface area contributed by atoms with Gasteiger partial charge >= 0.3 is 0 Å². The van der Waals surface area contributed by atoms with Crippen LogP contribution in [0.3, 0.4) is 0 Å². The van der Waals surface area contributed by atoms with Crippen LogP contribution in [0, 0.1) is 5.92 Å². The van der Waals surface area contributed by atoms with E-state index in [4.69, 9.17) is 4.98 Å². The maximum Gasteiger partial charge on any atom is 0.128 e. The van der Waals surface area contributed by atoms with Crippen molar-refractivity contribution in [1.29, 1.82) is 0 Å².